The quantitative estimate of drug-likeness (QED) is 0.731. The van der Waals surface area contributed by atoms with Gasteiger partial charge in [-0.3, -0.25) is 0 Å². The topological polar surface area (TPSA) is 15.3 Å². The third-order valence-electron chi connectivity index (χ3n) is 2.56. The Bertz CT molecular complexity index is 297. The maximum Gasteiger partial charge on any atom is 0.123 e. The van der Waals surface area contributed by atoms with Crippen LogP contribution >= 0.6 is 0 Å². The fourth-order valence-corrected chi connectivity index (χ4v) is 1.82. The summed E-state index contributed by atoms with van der Waals surface area (Å²) in [5.74, 6) is -0.170. The maximum atomic E-state index is 12.7. The van der Waals surface area contributed by atoms with Crippen molar-refractivity contribution in [3.05, 3.63) is 30.1 Å². The van der Waals surface area contributed by atoms with Crippen molar-refractivity contribution in [1.29, 1.82) is 0 Å². The van der Waals surface area contributed by atoms with Crippen molar-refractivity contribution in [2.45, 2.75) is 13.0 Å². The molecule has 0 amide bonds. The summed E-state index contributed by atoms with van der Waals surface area (Å²) in [4.78, 5) is 2.28. The summed E-state index contributed by atoms with van der Waals surface area (Å²) in [5, 5.41) is 3.38. The first-order chi connectivity index (χ1) is 6.75. The zero-order valence-corrected chi connectivity index (χ0v) is 8.33. The van der Waals surface area contributed by atoms with Gasteiger partial charge in [-0.1, -0.05) is 0 Å². The Morgan fingerprint density at radius 1 is 1.36 bits per heavy atom. The van der Waals surface area contributed by atoms with E-state index in [9.17, 15) is 4.39 Å². The van der Waals surface area contributed by atoms with Crippen molar-refractivity contribution in [2.75, 3.05) is 24.5 Å². The molecule has 0 radical (unpaired) electrons. The van der Waals surface area contributed by atoms with Gasteiger partial charge in [0.25, 0.3) is 0 Å². The molecular formula is C11H15FN2. The zero-order chi connectivity index (χ0) is 9.97. The molecule has 1 aromatic carbocycles. The Morgan fingerprint density at radius 3 is 2.71 bits per heavy atom. The molecule has 0 saturated carbocycles. The molecule has 1 fully saturated rings. The van der Waals surface area contributed by atoms with Crippen LogP contribution in [0.25, 0.3) is 0 Å². The standard InChI is InChI=1S/C11H15FN2/c1-9-8-14(7-6-13-9)11-4-2-10(12)3-5-11/h2-5,9,13H,6-8H2,1H3/t9-/m0/s1. The number of hydrogen-bond acceptors (Lipinski definition) is 2. The Balaban J connectivity index is 2.10. The molecule has 2 nitrogen and oxygen atoms in total. The van der Waals surface area contributed by atoms with Crippen molar-refractivity contribution >= 4 is 5.69 Å². The Morgan fingerprint density at radius 2 is 2.07 bits per heavy atom. The van der Waals surface area contributed by atoms with Crippen LogP contribution in [0.2, 0.25) is 0 Å². The summed E-state index contributed by atoms with van der Waals surface area (Å²) in [6.45, 7) is 5.15. The van der Waals surface area contributed by atoms with Gasteiger partial charge in [-0.15, -0.1) is 0 Å². The van der Waals surface area contributed by atoms with Gasteiger partial charge in [0.05, 0.1) is 0 Å². The minimum absolute atomic E-state index is 0.170. The summed E-state index contributed by atoms with van der Waals surface area (Å²) >= 11 is 0. The first-order valence-corrected chi connectivity index (χ1v) is 4.99. The van der Waals surface area contributed by atoms with Gasteiger partial charge in [-0.25, -0.2) is 4.39 Å². The number of piperazine rings is 1. The molecule has 76 valence electrons. The number of rotatable bonds is 1. The molecule has 0 unspecified atom stereocenters. The molecule has 1 aliphatic heterocycles. The van der Waals surface area contributed by atoms with E-state index in [-0.39, 0.29) is 5.82 Å². The van der Waals surface area contributed by atoms with E-state index in [2.05, 4.69) is 17.1 Å². The predicted molar refractivity (Wildman–Crippen MR) is 56.1 cm³/mol. The molecule has 1 N–H and O–H groups in total. The molecule has 1 heterocycles. The van der Waals surface area contributed by atoms with Crippen molar-refractivity contribution in [2.24, 2.45) is 0 Å². The Kier molecular flexibility index (Phi) is 2.68. The van der Waals surface area contributed by atoms with E-state index in [0.29, 0.717) is 6.04 Å². The first kappa shape index (κ1) is 9.46. The molecule has 0 bridgehead atoms. The van der Waals surface area contributed by atoms with Gasteiger partial charge in [0.1, 0.15) is 5.82 Å². The predicted octanol–water partition coefficient (Wildman–Crippen LogP) is 1.62. The van der Waals surface area contributed by atoms with E-state index in [4.69, 9.17) is 0 Å². The average Bonchev–Trinajstić information content (AvgIpc) is 2.19. The molecule has 1 aromatic rings. The highest BCUT2D eigenvalue weighted by molar-refractivity contribution is 5.46. The van der Waals surface area contributed by atoms with Gasteiger partial charge in [0.2, 0.25) is 0 Å². The first-order valence-electron chi connectivity index (χ1n) is 4.99. The molecule has 0 aromatic heterocycles. The molecule has 0 aliphatic carbocycles. The van der Waals surface area contributed by atoms with Crippen LogP contribution in [0.1, 0.15) is 6.92 Å². The van der Waals surface area contributed by atoms with Gasteiger partial charge in [0, 0.05) is 31.4 Å². The van der Waals surface area contributed by atoms with Gasteiger partial charge in [-0.2, -0.15) is 0 Å². The average molecular weight is 194 g/mol. The fraction of sp³-hybridized carbons (Fsp3) is 0.455. The normalized spacial score (nSPS) is 22.4. The third-order valence-corrected chi connectivity index (χ3v) is 2.56. The van der Waals surface area contributed by atoms with Gasteiger partial charge >= 0.3 is 0 Å². The van der Waals surface area contributed by atoms with Gasteiger partial charge < -0.3 is 10.2 Å². The highest BCUT2D eigenvalue weighted by Crippen LogP contribution is 2.16. The van der Waals surface area contributed by atoms with Crippen LogP contribution in [-0.4, -0.2) is 25.7 Å². The smallest absolute Gasteiger partial charge is 0.123 e. The number of halogens is 1. The van der Waals surface area contributed by atoms with Gasteiger partial charge in [0.15, 0.2) is 0 Å². The lowest BCUT2D eigenvalue weighted by atomic mass is 10.2. The maximum absolute atomic E-state index is 12.7. The Labute approximate surface area is 83.7 Å². The van der Waals surface area contributed by atoms with E-state index in [1.807, 2.05) is 12.1 Å². The van der Waals surface area contributed by atoms with E-state index >= 15 is 0 Å². The second-order valence-corrected chi connectivity index (χ2v) is 3.78. The lowest BCUT2D eigenvalue weighted by molar-refractivity contribution is 0.484. The molecule has 1 atom stereocenters. The second-order valence-electron chi connectivity index (χ2n) is 3.78. The zero-order valence-electron chi connectivity index (χ0n) is 8.33. The van der Waals surface area contributed by atoms with Crippen LogP contribution in [-0.2, 0) is 0 Å². The number of hydrogen-bond donors (Lipinski definition) is 1. The molecule has 0 spiro atoms. The molecule has 14 heavy (non-hydrogen) atoms. The molecule has 3 heteroatoms. The van der Waals surface area contributed by atoms with Crippen molar-refractivity contribution in [3.63, 3.8) is 0 Å². The van der Waals surface area contributed by atoms with E-state index < -0.39 is 0 Å². The molecule has 1 aliphatic rings. The van der Waals surface area contributed by atoms with Crippen LogP contribution in [0.3, 0.4) is 0 Å². The van der Waals surface area contributed by atoms with Crippen LogP contribution in [0.5, 0.6) is 0 Å². The van der Waals surface area contributed by atoms with Crippen LogP contribution in [0, 0.1) is 5.82 Å². The second kappa shape index (κ2) is 3.96. The molecular weight excluding hydrogens is 179 g/mol. The number of benzene rings is 1. The van der Waals surface area contributed by atoms with Crippen molar-refractivity contribution in [3.8, 4) is 0 Å². The number of nitrogens with one attached hydrogen (secondary N) is 1. The summed E-state index contributed by atoms with van der Waals surface area (Å²) in [6.07, 6.45) is 0. The largest absolute Gasteiger partial charge is 0.369 e. The van der Waals surface area contributed by atoms with Crippen molar-refractivity contribution < 1.29 is 4.39 Å². The SMILES string of the molecule is C[C@H]1CN(c2ccc(F)cc2)CCN1. The van der Waals surface area contributed by atoms with E-state index in [1.165, 1.54) is 12.1 Å². The van der Waals surface area contributed by atoms with E-state index in [1.54, 1.807) is 0 Å². The highest BCUT2D eigenvalue weighted by atomic mass is 19.1. The van der Waals surface area contributed by atoms with E-state index in [0.717, 1.165) is 25.3 Å². The number of nitrogens with zero attached hydrogens (tertiary/aromatic N) is 1. The summed E-state index contributed by atoms with van der Waals surface area (Å²) in [6, 6.07) is 7.22. The summed E-state index contributed by atoms with van der Waals surface area (Å²) in [7, 11) is 0. The summed E-state index contributed by atoms with van der Waals surface area (Å²) in [5.41, 5.74) is 1.11. The fourth-order valence-electron chi connectivity index (χ4n) is 1.82. The molecule has 1 saturated heterocycles. The Hall–Kier alpha value is -1.09. The highest BCUT2D eigenvalue weighted by Gasteiger charge is 2.15. The summed E-state index contributed by atoms with van der Waals surface area (Å²) < 4.78 is 12.7. The van der Waals surface area contributed by atoms with Crippen LogP contribution in [0.15, 0.2) is 24.3 Å². The van der Waals surface area contributed by atoms with Crippen molar-refractivity contribution in [1.82, 2.24) is 5.32 Å². The van der Waals surface area contributed by atoms with Crippen LogP contribution in [0.4, 0.5) is 10.1 Å². The third kappa shape index (κ3) is 2.04. The number of anilines is 1. The van der Waals surface area contributed by atoms with Gasteiger partial charge in [-0.05, 0) is 31.2 Å². The monoisotopic (exact) mass is 194 g/mol. The lowest BCUT2D eigenvalue weighted by Gasteiger charge is -2.33. The van der Waals surface area contributed by atoms with Crippen LogP contribution < -0.4 is 10.2 Å². The molecule has 2 rings (SSSR count). The lowest BCUT2D eigenvalue weighted by Crippen LogP contribution is -2.49. The minimum atomic E-state index is -0.170. The minimum Gasteiger partial charge on any atom is -0.369 e.